The monoisotopic (exact) mass is 423 g/mol. The maximum Gasteiger partial charge on any atom is 0.227 e. The van der Waals surface area contributed by atoms with Gasteiger partial charge in [0.15, 0.2) is 11.5 Å². The number of ether oxygens (including phenoxy) is 2. The third kappa shape index (κ3) is 4.10. The lowest BCUT2D eigenvalue weighted by molar-refractivity contribution is -0.131. The van der Waals surface area contributed by atoms with E-state index in [-0.39, 0.29) is 18.4 Å². The highest BCUT2D eigenvalue weighted by Gasteiger charge is 2.21. The fourth-order valence-electron chi connectivity index (χ4n) is 2.71. The summed E-state index contributed by atoms with van der Waals surface area (Å²) in [5.41, 5.74) is 1.92. The third-order valence-electron chi connectivity index (χ3n) is 4.38. The third-order valence-corrected chi connectivity index (χ3v) is 5.37. The number of hydrogen-bond acceptors (Lipinski definition) is 3. The van der Waals surface area contributed by atoms with Crippen LogP contribution in [0.25, 0.3) is 0 Å². The average molecular weight is 425 g/mol. The van der Waals surface area contributed by atoms with Crippen molar-refractivity contribution in [1.29, 1.82) is 0 Å². The Morgan fingerprint density at radius 1 is 1.20 bits per heavy atom. The summed E-state index contributed by atoms with van der Waals surface area (Å²) in [6.45, 7) is 3.06. The molecule has 1 amide bonds. The Balaban J connectivity index is 1.74. The van der Waals surface area contributed by atoms with Crippen molar-refractivity contribution in [2.45, 2.75) is 19.4 Å². The van der Waals surface area contributed by atoms with Crippen LogP contribution >= 0.6 is 27.5 Å². The van der Waals surface area contributed by atoms with Crippen LogP contribution in [-0.4, -0.2) is 31.1 Å². The quantitative estimate of drug-likeness (QED) is 0.718. The van der Waals surface area contributed by atoms with Gasteiger partial charge in [0.1, 0.15) is 13.2 Å². The zero-order chi connectivity index (χ0) is 18.0. The van der Waals surface area contributed by atoms with Gasteiger partial charge < -0.3 is 14.4 Å². The van der Waals surface area contributed by atoms with Crippen LogP contribution in [0.4, 0.5) is 0 Å². The number of fused-ring (bicyclic) bond motifs is 1. The normalized spacial score (nSPS) is 14.1. The predicted octanol–water partition coefficient (Wildman–Crippen LogP) is 4.64. The van der Waals surface area contributed by atoms with Gasteiger partial charge in [0.2, 0.25) is 5.91 Å². The fourth-order valence-corrected chi connectivity index (χ4v) is 3.30. The zero-order valence-corrected chi connectivity index (χ0v) is 16.4. The maximum absolute atomic E-state index is 12.7. The van der Waals surface area contributed by atoms with E-state index < -0.39 is 0 Å². The lowest BCUT2D eigenvalue weighted by Crippen LogP contribution is -2.31. The highest BCUT2D eigenvalue weighted by Crippen LogP contribution is 2.36. The molecule has 0 spiro atoms. The number of amides is 1. The number of rotatable bonds is 4. The zero-order valence-electron chi connectivity index (χ0n) is 14.1. The maximum atomic E-state index is 12.7. The van der Waals surface area contributed by atoms with Crippen LogP contribution in [0.3, 0.4) is 0 Å². The Hall–Kier alpha value is -1.72. The summed E-state index contributed by atoms with van der Waals surface area (Å²) in [5, 5.41) is 0.685. The van der Waals surface area contributed by atoms with Crippen LogP contribution in [0.2, 0.25) is 5.02 Å². The molecule has 0 radical (unpaired) electrons. The van der Waals surface area contributed by atoms with Gasteiger partial charge in [0.05, 0.1) is 12.5 Å². The smallest absolute Gasteiger partial charge is 0.227 e. The molecular formula is C19H19BrClNO3. The van der Waals surface area contributed by atoms with Crippen molar-refractivity contribution in [3.8, 4) is 11.5 Å². The van der Waals surface area contributed by atoms with E-state index in [2.05, 4.69) is 15.9 Å². The lowest BCUT2D eigenvalue weighted by Gasteiger charge is -2.26. The van der Waals surface area contributed by atoms with E-state index in [1.807, 2.05) is 50.4 Å². The summed E-state index contributed by atoms with van der Waals surface area (Å²) in [6, 6.07) is 11.2. The number of likely N-dealkylation sites (N-methyl/N-ethyl adjacent to an activating group) is 1. The summed E-state index contributed by atoms with van der Waals surface area (Å²) in [4.78, 5) is 14.5. The van der Waals surface area contributed by atoms with Crippen molar-refractivity contribution in [3.05, 3.63) is 57.0 Å². The van der Waals surface area contributed by atoms with Crippen LogP contribution in [0.15, 0.2) is 40.9 Å². The molecule has 1 heterocycles. The van der Waals surface area contributed by atoms with Crippen LogP contribution < -0.4 is 9.47 Å². The summed E-state index contributed by atoms with van der Waals surface area (Å²) >= 11 is 9.46. The molecule has 0 aromatic heterocycles. The van der Waals surface area contributed by atoms with Crippen LogP contribution in [0.5, 0.6) is 11.5 Å². The second-order valence-corrected chi connectivity index (χ2v) is 7.29. The first-order chi connectivity index (χ1) is 12.0. The number of benzene rings is 2. The van der Waals surface area contributed by atoms with E-state index in [4.69, 9.17) is 21.1 Å². The first-order valence-corrected chi connectivity index (χ1v) is 9.22. The first-order valence-electron chi connectivity index (χ1n) is 8.05. The minimum atomic E-state index is -0.0410. The van der Waals surface area contributed by atoms with Crippen molar-refractivity contribution >= 4 is 33.4 Å². The van der Waals surface area contributed by atoms with Crippen LogP contribution in [0, 0.1) is 0 Å². The molecule has 2 aromatic carbocycles. The Kier molecular flexibility index (Phi) is 5.54. The van der Waals surface area contributed by atoms with E-state index in [0.29, 0.717) is 29.7 Å². The summed E-state index contributed by atoms with van der Waals surface area (Å²) < 4.78 is 12.0. The van der Waals surface area contributed by atoms with Gasteiger partial charge in [-0.05, 0) is 42.3 Å². The minimum Gasteiger partial charge on any atom is -0.486 e. The van der Waals surface area contributed by atoms with Crippen molar-refractivity contribution in [3.63, 3.8) is 0 Å². The van der Waals surface area contributed by atoms with E-state index >= 15 is 0 Å². The molecule has 0 saturated heterocycles. The van der Waals surface area contributed by atoms with E-state index in [9.17, 15) is 4.79 Å². The molecule has 1 atom stereocenters. The Morgan fingerprint density at radius 2 is 1.80 bits per heavy atom. The topological polar surface area (TPSA) is 38.8 Å². The van der Waals surface area contributed by atoms with Gasteiger partial charge >= 0.3 is 0 Å². The molecule has 0 aliphatic carbocycles. The molecular weight excluding hydrogens is 406 g/mol. The molecule has 25 heavy (non-hydrogen) atoms. The largest absolute Gasteiger partial charge is 0.486 e. The van der Waals surface area contributed by atoms with Gasteiger partial charge in [-0.2, -0.15) is 0 Å². The lowest BCUT2D eigenvalue weighted by atomic mass is 10.1. The molecule has 0 saturated carbocycles. The number of hydrogen-bond donors (Lipinski definition) is 0. The van der Waals surface area contributed by atoms with Crippen molar-refractivity contribution in [2.24, 2.45) is 0 Å². The second kappa shape index (κ2) is 7.67. The Bertz CT molecular complexity index is 779. The SMILES string of the molecule is CC(c1ccc(Cl)cc1)N(C)C(=O)Cc1cc2c(cc1Br)OCCO2. The molecule has 0 bridgehead atoms. The highest BCUT2D eigenvalue weighted by molar-refractivity contribution is 9.10. The number of halogens is 2. The van der Waals surface area contributed by atoms with Crippen molar-refractivity contribution in [1.82, 2.24) is 4.90 Å². The van der Waals surface area contributed by atoms with Gasteiger partial charge in [0.25, 0.3) is 0 Å². The summed E-state index contributed by atoms with van der Waals surface area (Å²) in [7, 11) is 1.81. The molecule has 0 N–H and O–H groups in total. The van der Waals surface area contributed by atoms with Gasteiger partial charge in [-0.25, -0.2) is 0 Å². The molecule has 3 rings (SSSR count). The predicted molar refractivity (Wildman–Crippen MR) is 101 cm³/mol. The second-order valence-electron chi connectivity index (χ2n) is 6.00. The summed E-state index contributed by atoms with van der Waals surface area (Å²) in [5.74, 6) is 1.42. The number of carbonyl (C=O) groups excluding carboxylic acids is 1. The molecule has 1 aliphatic rings. The molecule has 6 heteroatoms. The van der Waals surface area contributed by atoms with Crippen molar-refractivity contribution in [2.75, 3.05) is 20.3 Å². The Labute approximate surface area is 160 Å². The first kappa shape index (κ1) is 18.1. The highest BCUT2D eigenvalue weighted by atomic mass is 79.9. The molecule has 2 aromatic rings. The van der Waals surface area contributed by atoms with E-state index in [1.165, 1.54) is 0 Å². The van der Waals surface area contributed by atoms with Gasteiger partial charge in [-0.15, -0.1) is 0 Å². The molecule has 1 unspecified atom stereocenters. The van der Waals surface area contributed by atoms with Gasteiger partial charge in [-0.1, -0.05) is 39.7 Å². The average Bonchev–Trinajstić information content (AvgIpc) is 2.61. The van der Waals surface area contributed by atoms with Crippen LogP contribution in [-0.2, 0) is 11.2 Å². The molecule has 0 fully saturated rings. The van der Waals surface area contributed by atoms with Gasteiger partial charge in [0, 0.05) is 16.5 Å². The van der Waals surface area contributed by atoms with E-state index in [1.54, 1.807) is 4.90 Å². The standard InChI is InChI=1S/C19H19BrClNO3/c1-12(13-3-5-15(21)6-4-13)22(2)19(23)10-14-9-17-18(11-16(14)20)25-8-7-24-17/h3-6,9,11-12H,7-8,10H2,1-2H3. The molecule has 1 aliphatic heterocycles. The Morgan fingerprint density at radius 3 is 2.44 bits per heavy atom. The van der Waals surface area contributed by atoms with E-state index in [0.717, 1.165) is 15.6 Å². The molecule has 4 nitrogen and oxygen atoms in total. The van der Waals surface area contributed by atoms with Crippen molar-refractivity contribution < 1.29 is 14.3 Å². The summed E-state index contributed by atoms with van der Waals surface area (Å²) in [6.07, 6.45) is 0.283. The van der Waals surface area contributed by atoms with Gasteiger partial charge in [-0.3, -0.25) is 4.79 Å². The number of nitrogens with zero attached hydrogens (tertiary/aromatic N) is 1. The van der Waals surface area contributed by atoms with Crippen LogP contribution in [0.1, 0.15) is 24.1 Å². The number of carbonyl (C=O) groups is 1. The minimum absolute atomic E-state index is 0.0276. The fraction of sp³-hybridized carbons (Fsp3) is 0.316. The molecule has 132 valence electrons.